The molecule has 0 unspecified atom stereocenters. The van der Waals surface area contributed by atoms with Gasteiger partial charge in [-0.15, -0.1) is 0 Å². The molecular weight excluding hydrogens is 266 g/mol. The highest BCUT2D eigenvalue weighted by Gasteiger charge is 2.35. The zero-order chi connectivity index (χ0) is 16.1. The molecule has 122 valence electrons. The zero-order valence-corrected chi connectivity index (χ0v) is 14.0. The van der Waals surface area contributed by atoms with Crippen LogP contribution in [0.15, 0.2) is 0 Å². The highest BCUT2D eigenvalue weighted by molar-refractivity contribution is 5.77. The lowest BCUT2D eigenvalue weighted by Crippen LogP contribution is -2.38. The normalized spacial score (nSPS) is 18.0. The Morgan fingerprint density at radius 1 is 1.19 bits per heavy atom. The van der Waals surface area contributed by atoms with E-state index in [4.69, 9.17) is 5.11 Å². The van der Waals surface area contributed by atoms with Crippen LogP contribution in [0, 0.1) is 16.7 Å². The highest BCUT2D eigenvalue weighted by Crippen LogP contribution is 2.42. The molecule has 1 aliphatic rings. The Hall–Kier alpha value is -1.06. The standard InChI is InChI=1S/C17H31NO3/c1-13(2)9-17(7-5-6-8-17)12-18-14(19)10-16(3,4)11-15(20)21/h13H,5-12H2,1-4H3,(H,18,19)(H,20,21). The van der Waals surface area contributed by atoms with Gasteiger partial charge in [0.25, 0.3) is 0 Å². The summed E-state index contributed by atoms with van der Waals surface area (Å²) in [7, 11) is 0. The molecule has 0 saturated heterocycles. The first-order valence-corrected chi connectivity index (χ1v) is 8.13. The average molecular weight is 297 g/mol. The van der Waals surface area contributed by atoms with Gasteiger partial charge in [0.1, 0.15) is 0 Å². The van der Waals surface area contributed by atoms with Crippen LogP contribution in [-0.4, -0.2) is 23.5 Å². The van der Waals surface area contributed by atoms with Crippen LogP contribution in [0.4, 0.5) is 0 Å². The lowest BCUT2D eigenvalue weighted by atomic mass is 9.78. The van der Waals surface area contributed by atoms with Crippen LogP contribution in [0.2, 0.25) is 0 Å². The maximum absolute atomic E-state index is 12.1. The Labute approximate surface area is 128 Å². The molecule has 0 aliphatic heterocycles. The second-order valence-electron chi connectivity index (χ2n) is 7.99. The predicted molar refractivity (Wildman–Crippen MR) is 84.0 cm³/mol. The molecule has 1 aliphatic carbocycles. The molecule has 0 radical (unpaired) electrons. The topological polar surface area (TPSA) is 66.4 Å². The van der Waals surface area contributed by atoms with Crippen molar-refractivity contribution in [1.29, 1.82) is 0 Å². The van der Waals surface area contributed by atoms with Gasteiger partial charge >= 0.3 is 5.97 Å². The first kappa shape index (κ1) is 18.0. The molecule has 0 spiro atoms. The van der Waals surface area contributed by atoms with Crippen molar-refractivity contribution in [3.8, 4) is 0 Å². The summed E-state index contributed by atoms with van der Waals surface area (Å²) in [6.07, 6.45) is 6.37. The van der Waals surface area contributed by atoms with E-state index in [0.29, 0.717) is 5.92 Å². The number of carboxylic acid groups (broad SMARTS) is 1. The summed E-state index contributed by atoms with van der Waals surface area (Å²) in [5, 5.41) is 11.9. The van der Waals surface area contributed by atoms with E-state index in [1.54, 1.807) is 0 Å². The van der Waals surface area contributed by atoms with E-state index in [-0.39, 0.29) is 24.2 Å². The van der Waals surface area contributed by atoms with Gasteiger partial charge in [0.05, 0.1) is 6.42 Å². The third kappa shape index (κ3) is 6.49. The highest BCUT2D eigenvalue weighted by atomic mass is 16.4. The molecule has 1 saturated carbocycles. The van der Waals surface area contributed by atoms with Crippen molar-refractivity contribution in [2.45, 2.75) is 72.6 Å². The van der Waals surface area contributed by atoms with Crippen molar-refractivity contribution in [3.05, 3.63) is 0 Å². The van der Waals surface area contributed by atoms with E-state index in [2.05, 4.69) is 19.2 Å². The lowest BCUT2D eigenvalue weighted by molar-refractivity contribution is -0.139. The van der Waals surface area contributed by atoms with Gasteiger partial charge < -0.3 is 10.4 Å². The van der Waals surface area contributed by atoms with E-state index >= 15 is 0 Å². The first-order valence-electron chi connectivity index (χ1n) is 8.13. The van der Waals surface area contributed by atoms with Gasteiger partial charge in [0.2, 0.25) is 5.91 Å². The van der Waals surface area contributed by atoms with E-state index in [0.717, 1.165) is 13.0 Å². The lowest BCUT2D eigenvalue weighted by Gasteiger charge is -2.32. The monoisotopic (exact) mass is 297 g/mol. The molecule has 4 nitrogen and oxygen atoms in total. The number of rotatable bonds is 8. The van der Waals surface area contributed by atoms with Gasteiger partial charge in [-0.3, -0.25) is 9.59 Å². The van der Waals surface area contributed by atoms with Crippen molar-refractivity contribution in [3.63, 3.8) is 0 Å². The molecule has 0 aromatic heterocycles. The van der Waals surface area contributed by atoms with E-state index in [1.165, 1.54) is 25.7 Å². The number of hydrogen-bond donors (Lipinski definition) is 2. The quantitative estimate of drug-likeness (QED) is 0.719. The van der Waals surface area contributed by atoms with E-state index in [9.17, 15) is 9.59 Å². The molecule has 0 atom stereocenters. The second-order valence-corrected chi connectivity index (χ2v) is 7.99. The van der Waals surface area contributed by atoms with Crippen LogP contribution in [0.25, 0.3) is 0 Å². The summed E-state index contributed by atoms with van der Waals surface area (Å²) in [6, 6.07) is 0. The van der Waals surface area contributed by atoms with Crippen molar-refractivity contribution < 1.29 is 14.7 Å². The minimum absolute atomic E-state index is 0.0173. The van der Waals surface area contributed by atoms with Gasteiger partial charge in [-0.2, -0.15) is 0 Å². The maximum atomic E-state index is 12.1. The average Bonchev–Trinajstić information content (AvgIpc) is 2.72. The van der Waals surface area contributed by atoms with Crippen molar-refractivity contribution in [2.75, 3.05) is 6.54 Å². The molecular formula is C17H31NO3. The third-order valence-corrected chi connectivity index (χ3v) is 4.43. The molecule has 1 fully saturated rings. The van der Waals surface area contributed by atoms with Crippen LogP contribution in [-0.2, 0) is 9.59 Å². The molecule has 0 aromatic rings. The van der Waals surface area contributed by atoms with Crippen molar-refractivity contribution in [1.82, 2.24) is 5.32 Å². The molecule has 2 N–H and O–H groups in total. The number of hydrogen-bond acceptors (Lipinski definition) is 2. The Morgan fingerprint density at radius 2 is 1.76 bits per heavy atom. The van der Waals surface area contributed by atoms with Crippen LogP contribution in [0.3, 0.4) is 0 Å². The fourth-order valence-corrected chi connectivity index (χ4v) is 3.70. The van der Waals surface area contributed by atoms with Crippen molar-refractivity contribution >= 4 is 11.9 Å². The first-order chi connectivity index (χ1) is 9.64. The summed E-state index contributed by atoms with van der Waals surface area (Å²) in [6.45, 7) is 8.88. The molecule has 1 rings (SSSR count). The Morgan fingerprint density at radius 3 is 2.24 bits per heavy atom. The summed E-state index contributed by atoms with van der Waals surface area (Å²) < 4.78 is 0. The van der Waals surface area contributed by atoms with Gasteiger partial charge in [0, 0.05) is 13.0 Å². The molecule has 21 heavy (non-hydrogen) atoms. The van der Waals surface area contributed by atoms with Crippen LogP contribution >= 0.6 is 0 Å². The van der Waals surface area contributed by atoms with Crippen LogP contribution in [0.1, 0.15) is 72.6 Å². The van der Waals surface area contributed by atoms with Gasteiger partial charge in [-0.05, 0) is 36.0 Å². The molecule has 0 bridgehead atoms. The summed E-state index contributed by atoms with van der Waals surface area (Å²) in [4.78, 5) is 22.9. The smallest absolute Gasteiger partial charge is 0.303 e. The number of carboxylic acids is 1. The number of carbonyl (C=O) groups excluding carboxylic acids is 1. The summed E-state index contributed by atoms with van der Waals surface area (Å²) >= 11 is 0. The molecule has 0 heterocycles. The third-order valence-electron chi connectivity index (χ3n) is 4.43. The largest absolute Gasteiger partial charge is 0.481 e. The number of amides is 1. The number of aliphatic carboxylic acids is 1. The minimum Gasteiger partial charge on any atom is -0.481 e. The van der Waals surface area contributed by atoms with Crippen molar-refractivity contribution in [2.24, 2.45) is 16.7 Å². The maximum Gasteiger partial charge on any atom is 0.303 e. The van der Waals surface area contributed by atoms with Gasteiger partial charge in [-0.1, -0.05) is 40.5 Å². The van der Waals surface area contributed by atoms with Gasteiger partial charge in [-0.25, -0.2) is 0 Å². The Balaban J connectivity index is 2.49. The second kappa shape index (κ2) is 7.28. The van der Waals surface area contributed by atoms with E-state index < -0.39 is 11.4 Å². The SMILES string of the molecule is CC(C)CC1(CNC(=O)CC(C)(C)CC(=O)O)CCCC1. The number of carbonyl (C=O) groups is 2. The minimum atomic E-state index is -0.847. The van der Waals surface area contributed by atoms with Crippen LogP contribution in [0.5, 0.6) is 0 Å². The molecule has 0 aromatic carbocycles. The zero-order valence-electron chi connectivity index (χ0n) is 14.0. The van der Waals surface area contributed by atoms with Crippen LogP contribution < -0.4 is 5.32 Å². The summed E-state index contributed by atoms with van der Waals surface area (Å²) in [5.41, 5.74) is -0.225. The predicted octanol–water partition coefficient (Wildman–Crippen LogP) is 3.60. The van der Waals surface area contributed by atoms with E-state index in [1.807, 2.05) is 13.8 Å². The fraction of sp³-hybridized carbons (Fsp3) is 0.882. The molecule has 1 amide bonds. The fourth-order valence-electron chi connectivity index (χ4n) is 3.70. The summed E-state index contributed by atoms with van der Waals surface area (Å²) in [5.74, 6) is -0.223. The Kier molecular flexibility index (Phi) is 6.24. The molecule has 4 heteroatoms. The Bertz CT molecular complexity index is 368. The number of nitrogens with one attached hydrogen (secondary N) is 1. The van der Waals surface area contributed by atoms with Gasteiger partial charge in [0.15, 0.2) is 0 Å².